The second-order valence-corrected chi connectivity index (χ2v) is 7.27. The second kappa shape index (κ2) is 10.3. The number of nitrogens with one attached hydrogen (secondary N) is 3. The zero-order chi connectivity index (χ0) is 23.1. The first kappa shape index (κ1) is 22.6. The maximum atomic E-state index is 12.8. The van der Waals surface area contributed by atoms with Gasteiger partial charge in [-0.1, -0.05) is 42.5 Å². The van der Waals surface area contributed by atoms with Gasteiger partial charge in [0, 0.05) is 17.7 Å². The number of para-hydroxylation sites is 1. The van der Waals surface area contributed by atoms with Gasteiger partial charge in [0.1, 0.15) is 0 Å². The summed E-state index contributed by atoms with van der Waals surface area (Å²) >= 11 is 5.21. The summed E-state index contributed by atoms with van der Waals surface area (Å²) in [5, 5.41) is 19.0. The molecular weight excluding hydrogens is 428 g/mol. The van der Waals surface area contributed by atoms with E-state index >= 15 is 0 Å². The molecule has 0 aliphatic carbocycles. The first-order valence-corrected chi connectivity index (χ1v) is 10.1. The zero-order valence-electron chi connectivity index (χ0n) is 17.1. The third-order valence-electron chi connectivity index (χ3n) is 4.63. The van der Waals surface area contributed by atoms with Gasteiger partial charge in [-0.25, -0.2) is 0 Å². The molecule has 3 aromatic carbocycles. The van der Waals surface area contributed by atoms with Gasteiger partial charge in [-0.2, -0.15) is 0 Å². The van der Waals surface area contributed by atoms with Crippen LogP contribution in [0.3, 0.4) is 0 Å². The number of hydrogen-bond acceptors (Lipinski definition) is 5. The number of carbonyl (C=O) groups is 2. The molecule has 3 rings (SSSR count). The zero-order valence-corrected chi connectivity index (χ0v) is 17.9. The highest BCUT2D eigenvalue weighted by Crippen LogP contribution is 2.18. The molecule has 0 aromatic heterocycles. The van der Waals surface area contributed by atoms with Crippen molar-refractivity contribution in [3.8, 4) is 0 Å². The van der Waals surface area contributed by atoms with Crippen LogP contribution in [0.1, 0.15) is 39.2 Å². The average Bonchev–Trinajstić information content (AvgIpc) is 2.79. The predicted molar refractivity (Wildman–Crippen MR) is 126 cm³/mol. The molecule has 1 atom stereocenters. The van der Waals surface area contributed by atoms with Crippen LogP contribution in [0.2, 0.25) is 0 Å². The Balaban J connectivity index is 1.66. The molecule has 8 nitrogen and oxygen atoms in total. The van der Waals surface area contributed by atoms with Gasteiger partial charge in [-0.3, -0.25) is 25.0 Å². The Morgan fingerprint density at radius 1 is 0.906 bits per heavy atom. The quantitative estimate of drug-likeness (QED) is 0.296. The van der Waals surface area contributed by atoms with E-state index in [1.807, 2.05) is 37.3 Å². The fourth-order valence-electron chi connectivity index (χ4n) is 2.95. The Labute approximate surface area is 189 Å². The number of rotatable bonds is 6. The van der Waals surface area contributed by atoms with Crippen LogP contribution in [0.15, 0.2) is 78.9 Å². The number of amides is 2. The Kier molecular flexibility index (Phi) is 7.25. The minimum atomic E-state index is -0.547. The maximum absolute atomic E-state index is 12.8. The number of non-ortho nitro benzene ring substituents is 1. The van der Waals surface area contributed by atoms with Crippen LogP contribution in [0, 0.1) is 10.1 Å². The fourth-order valence-corrected chi connectivity index (χ4v) is 3.16. The van der Waals surface area contributed by atoms with Crippen LogP contribution in [0.4, 0.5) is 11.4 Å². The average molecular weight is 449 g/mol. The summed E-state index contributed by atoms with van der Waals surface area (Å²) in [6.45, 7) is 1.89. The highest BCUT2D eigenvalue weighted by atomic mass is 32.1. The standard InChI is InChI=1S/C23H20N4O4S/c1-15(16-7-3-2-4-8-16)24-22(29)19-9-5-6-10-20(19)25-23(32)26-21(28)17-11-13-18(14-12-17)27(30)31/h2-15H,1H3,(H,24,29)(H2,25,26,28,32). The van der Waals surface area contributed by atoms with Crippen molar-refractivity contribution < 1.29 is 14.5 Å². The van der Waals surface area contributed by atoms with Crippen molar-refractivity contribution in [1.82, 2.24) is 10.6 Å². The molecule has 0 heterocycles. The summed E-state index contributed by atoms with van der Waals surface area (Å²) in [5.74, 6) is -0.828. The van der Waals surface area contributed by atoms with E-state index in [0.717, 1.165) is 5.56 Å². The van der Waals surface area contributed by atoms with Gasteiger partial charge in [0.05, 0.1) is 22.2 Å². The Hall–Kier alpha value is -4.11. The smallest absolute Gasteiger partial charge is 0.269 e. The summed E-state index contributed by atoms with van der Waals surface area (Å²) < 4.78 is 0. The van der Waals surface area contributed by atoms with E-state index in [1.165, 1.54) is 24.3 Å². The number of anilines is 1. The molecule has 0 radical (unpaired) electrons. The highest BCUT2D eigenvalue weighted by Gasteiger charge is 2.16. The summed E-state index contributed by atoms with van der Waals surface area (Å²) in [5.41, 5.74) is 1.85. The molecule has 32 heavy (non-hydrogen) atoms. The monoisotopic (exact) mass is 448 g/mol. The molecule has 0 saturated heterocycles. The van der Waals surface area contributed by atoms with Gasteiger partial charge in [-0.05, 0) is 49.0 Å². The van der Waals surface area contributed by atoms with E-state index < -0.39 is 10.8 Å². The molecule has 162 valence electrons. The fraction of sp³-hybridized carbons (Fsp3) is 0.0870. The topological polar surface area (TPSA) is 113 Å². The van der Waals surface area contributed by atoms with Crippen LogP contribution in [0.25, 0.3) is 0 Å². The Morgan fingerprint density at radius 2 is 1.53 bits per heavy atom. The number of hydrogen-bond donors (Lipinski definition) is 3. The number of benzene rings is 3. The van der Waals surface area contributed by atoms with Gasteiger partial charge in [0.25, 0.3) is 17.5 Å². The number of nitro benzene ring substituents is 1. The van der Waals surface area contributed by atoms with Crippen molar-refractivity contribution in [2.24, 2.45) is 0 Å². The van der Waals surface area contributed by atoms with Gasteiger partial charge in [-0.15, -0.1) is 0 Å². The molecule has 0 aliphatic heterocycles. The third-order valence-corrected chi connectivity index (χ3v) is 4.84. The molecule has 0 fully saturated rings. The van der Waals surface area contributed by atoms with Crippen molar-refractivity contribution in [2.75, 3.05) is 5.32 Å². The molecular formula is C23H20N4O4S. The van der Waals surface area contributed by atoms with E-state index in [9.17, 15) is 19.7 Å². The number of thiocarbonyl (C=S) groups is 1. The van der Waals surface area contributed by atoms with Crippen molar-refractivity contribution in [2.45, 2.75) is 13.0 Å². The highest BCUT2D eigenvalue weighted by molar-refractivity contribution is 7.80. The van der Waals surface area contributed by atoms with Gasteiger partial charge >= 0.3 is 0 Å². The maximum Gasteiger partial charge on any atom is 0.269 e. The molecule has 9 heteroatoms. The van der Waals surface area contributed by atoms with Crippen LogP contribution in [-0.4, -0.2) is 21.9 Å². The van der Waals surface area contributed by atoms with Crippen molar-refractivity contribution in [3.63, 3.8) is 0 Å². The molecule has 3 aromatic rings. The lowest BCUT2D eigenvalue weighted by atomic mass is 10.1. The number of nitrogens with zero attached hydrogens (tertiary/aromatic N) is 1. The van der Waals surface area contributed by atoms with Gasteiger partial charge in [0.2, 0.25) is 0 Å². The summed E-state index contributed by atoms with van der Waals surface area (Å²) in [6.07, 6.45) is 0. The SMILES string of the molecule is CC(NC(=O)c1ccccc1NC(=S)NC(=O)c1ccc([N+](=O)[O-])cc1)c1ccccc1. The second-order valence-electron chi connectivity index (χ2n) is 6.86. The minimum Gasteiger partial charge on any atom is -0.345 e. The van der Waals surface area contributed by atoms with Crippen molar-refractivity contribution >= 4 is 40.5 Å². The Morgan fingerprint density at radius 3 is 2.19 bits per heavy atom. The molecule has 1 unspecified atom stereocenters. The lowest BCUT2D eigenvalue weighted by Gasteiger charge is -2.17. The molecule has 3 N–H and O–H groups in total. The van der Waals surface area contributed by atoms with Crippen LogP contribution in [0.5, 0.6) is 0 Å². The van der Waals surface area contributed by atoms with E-state index in [2.05, 4.69) is 16.0 Å². The number of nitro groups is 1. The van der Waals surface area contributed by atoms with E-state index in [1.54, 1.807) is 24.3 Å². The molecule has 0 bridgehead atoms. The normalized spacial score (nSPS) is 11.2. The van der Waals surface area contributed by atoms with Crippen molar-refractivity contribution in [3.05, 3.63) is 106 Å². The van der Waals surface area contributed by atoms with Crippen LogP contribution >= 0.6 is 12.2 Å². The first-order valence-electron chi connectivity index (χ1n) is 9.67. The largest absolute Gasteiger partial charge is 0.345 e. The van der Waals surface area contributed by atoms with E-state index in [-0.39, 0.29) is 28.3 Å². The number of carbonyl (C=O) groups excluding carboxylic acids is 2. The molecule has 2 amide bonds. The van der Waals surface area contributed by atoms with E-state index in [0.29, 0.717) is 11.3 Å². The first-order chi connectivity index (χ1) is 15.3. The summed E-state index contributed by atoms with van der Waals surface area (Å²) in [7, 11) is 0. The Bertz CT molecular complexity index is 1150. The lowest BCUT2D eigenvalue weighted by molar-refractivity contribution is -0.384. The molecule has 0 saturated carbocycles. The minimum absolute atomic E-state index is 0.00953. The molecule has 0 aliphatic rings. The molecule has 0 spiro atoms. The lowest BCUT2D eigenvalue weighted by Crippen LogP contribution is -2.35. The predicted octanol–water partition coefficient (Wildman–Crippen LogP) is 4.21. The summed E-state index contributed by atoms with van der Waals surface area (Å²) in [4.78, 5) is 35.4. The van der Waals surface area contributed by atoms with Gasteiger partial charge in [0.15, 0.2) is 5.11 Å². The summed E-state index contributed by atoms with van der Waals surface area (Å²) in [6, 6.07) is 21.3. The third kappa shape index (κ3) is 5.73. The van der Waals surface area contributed by atoms with E-state index in [4.69, 9.17) is 12.2 Å². The van der Waals surface area contributed by atoms with Crippen LogP contribution < -0.4 is 16.0 Å². The van der Waals surface area contributed by atoms with Crippen molar-refractivity contribution in [1.29, 1.82) is 0 Å². The van der Waals surface area contributed by atoms with Gasteiger partial charge < -0.3 is 10.6 Å². The van der Waals surface area contributed by atoms with Crippen LogP contribution in [-0.2, 0) is 0 Å².